The molecule has 0 unspecified atom stereocenters. The Balaban J connectivity index is 1.43. The molecule has 1 fully saturated rings. The fourth-order valence-corrected chi connectivity index (χ4v) is 3.22. The molecule has 0 aliphatic heterocycles. The molecule has 0 bridgehead atoms. The van der Waals surface area contributed by atoms with Crippen LogP contribution in [-0.2, 0) is 10.2 Å². The zero-order chi connectivity index (χ0) is 20.4. The molecule has 1 saturated carbocycles. The number of pyridine rings is 1. The van der Waals surface area contributed by atoms with Crippen LogP contribution in [0.3, 0.4) is 0 Å². The molecule has 1 heterocycles. The minimum atomic E-state index is -0.489. The number of nitrogens with two attached hydrogens (primary N) is 1. The van der Waals surface area contributed by atoms with Crippen LogP contribution in [0, 0.1) is 5.82 Å². The second-order valence-corrected chi connectivity index (χ2v) is 7.02. The van der Waals surface area contributed by atoms with Gasteiger partial charge in [0, 0.05) is 0 Å². The van der Waals surface area contributed by atoms with Crippen molar-refractivity contribution in [2.75, 3.05) is 16.4 Å². The summed E-state index contributed by atoms with van der Waals surface area (Å²) in [4.78, 5) is 29.2. The first-order valence-electron chi connectivity index (χ1n) is 9.17. The quantitative estimate of drug-likeness (QED) is 0.578. The Morgan fingerprint density at radius 2 is 1.76 bits per heavy atom. The van der Waals surface area contributed by atoms with Crippen LogP contribution < -0.4 is 16.4 Å². The molecule has 0 saturated heterocycles. The average Bonchev–Trinajstić information content (AvgIpc) is 3.53. The van der Waals surface area contributed by atoms with E-state index in [1.807, 2.05) is 30.3 Å². The van der Waals surface area contributed by atoms with Gasteiger partial charge in [-0.1, -0.05) is 30.3 Å². The van der Waals surface area contributed by atoms with E-state index in [0.29, 0.717) is 11.4 Å². The van der Waals surface area contributed by atoms with E-state index in [2.05, 4.69) is 15.6 Å². The predicted molar refractivity (Wildman–Crippen MR) is 109 cm³/mol. The van der Waals surface area contributed by atoms with Gasteiger partial charge in [0.25, 0.3) is 5.91 Å². The Hall–Kier alpha value is -3.74. The molecule has 1 aromatic heterocycles. The van der Waals surface area contributed by atoms with Crippen molar-refractivity contribution >= 4 is 28.9 Å². The summed E-state index contributed by atoms with van der Waals surface area (Å²) in [6.45, 7) is 0. The second kappa shape index (κ2) is 7.35. The van der Waals surface area contributed by atoms with Crippen molar-refractivity contribution in [1.29, 1.82) is 0 Å². The van der Waals surface area contributed by atoms with E-state index in [4.69, 9.17) is 5.73 Å². The summed E-state index contributed by atoms with van der Waals surface area (Å²) >= 11 is 0. The monoisotopic (exact) mass is 390 g/mol. The van der Waals surface area contributed by atoms with Gasteiger partial charge in [-0.3, -0.25) is 9.59 Å². The number of halogens is 1. The van der Waals surface area contributed by atoms with Crippen LogP contribution >= 0.6 is 0 Å². The number of rotatable bonds is 5. The van der Waals surface area contributed by atoms with Gasteiger partial charge in [-0.25, -0.2) is 9.37 Å². The van der Waals surface area contributed by atoms with Gasteiger partial charge in [0.05, 0.1) is 28.7 Å². The first-order chi connectivity index (χ1) is 14.0. The van der Waals surface area contributed by atoms with Gasteiger partial charge in [-0.15, -0.1) is 0 Å². The number of benzene rings is 2. The molecular weight excluding hydrogens is 371 g/mol. The highest BCUT2D eigenvalue weighted by Crippen LogP contribution is 2.48. The summed E-state index contributed by atoms with van der Waals surface area (Å²) in [5.41, 5.74) is 7.29. The van der Waals surface area contributed by atoms with Crippen LogP contribution in [-0.4, -0.2) is 16.8 Å². The van der Waals surface area contributed by atoms with Gasteiger partial charge in [0.15, 0.2) is 0 Å². The largest absolute Gasteiger partial charge is 0.397 e. The van der Waals surface area contributed by atoms with Gasteiger partial charge in [-0.05, 0) is 48.7 Å². The van der Waals surface area contributed by atoms with Crippen LogP contribution in [0.4, 0.5) is 21.5 Å². The van der Waals surface area contributed by atoms with Crippen LogP contribution in [0.25, 0.3) is 0 Å². The number of nitrogens with one attached hydrogen (secondary N) is 2. The molecule has 4 N–H and O–H groups in total. The number of aromatic nitrogens is 1. The smallest absolute Gasteiger partial charge is 0.274 e. The molecule has 146 valence electrons. The maximum absolute atomic E-state index is 13.1. The Morgan fingerprint density at radius 3 is 2.38 bits per heavy atom. The zero-order valence-electron chi connectivity index (χ0n) is 15.5. The van der Waals surface area contributed by atoms with E-state index in [9.17, 15) is 14.0 Å². The summed E-state index contributed by atoms with van der Waals surface area (Å²) in [7, 11) is 0. The van der Waals surface area contributed by atoms with Crippen molar-refractivity contribution < 1.29 is 14.0 Å². The first kappa shape index (κ1) is 18.6. The van der Waals surface area contributed by atoms with Gasteiger partial charge in [0.1, 0.15) is 11.5 Å². The number of nitrogens with zero attached hydrogens (tertiary/aromatic N) is 1. The summed E-state index contributed by atoms with van der Waals surface area (Å²) in [5.74, 6) is -1.05. The molecule has 3 aromatic rings. The lowest BCUT2D eigenvalue weighted by atomic mass is 9.95. The van der Waals surface area contributed by atoms with Crippen molar-refractivity contribution in [2.24, 2.45) is 0 Å². The average molecular weight is 390 g/mol. The van der Waals surface area contributed by atoms with E-state index in [0.717, 1.165) is 24.5 Å². The summed E-state index contributed by atoms with van der Waals surface area (Å²) < 4.78 is 13.1. The summed E-state index contributed by atoms with van der Waals surface area (Å²) in [6.07, 6.45) is 3.04. The highest BCUT2D eigenvalue weighted by molar-refractivity contribution is 6.05. The third kappa shape index (κ3) is 3.80. The maximum Gasteiger partial charge on any atom is 0.274 e. The minimum absolute atomic E-state index is 0.0817. The molecule has 4 rings (SSSR count). The lowest BCUT2D eigenvalue weighted by Crippen LogP contribution is -2.27. The maximum atomic E-state index is 13.1. The Bertz CT molecular complexity index is 1060. The van der Waals surface area contributed by atoms with Crippen molar-refractivity contribution in [3.05, 3.63) is 83.9 Å². The predicted octanol–water partition coefficient (Wildman–Crippen LogP) is 3.73. The number of hydrogen-bond acceptors (Lipinski definition) is 4. The number of hydrogen-bond donors (Lipinski definition) is 3. The fraction of sp³-hybridized carbons (Fsp3) is 0.136. The van der Waals surface area contributed by atoms with Crippen LogP contribution in [0.2, 0.25) is 0 Å². The van der Waals surface area contributed by atoms with Crippen LogP contribution in [0.1, 0.15) is 28.9 Å². The highest BCUT2D eigenvalue weighted by Gasteiger charge is 2.51. The lowest BCUT2D eigenvalue weighted by molar-refractivity contribution is -0.118. The van der Waals surface area contributed by atoms with E-state index in [-0.39, 0.29) is 17.3 Å². The number of carbonyl (C=O) groups excluding carboxylic acids is 2. The standard InChI is InChI=1S/C22H19FN4O2/c23-15-6-8-18(17(24)12-15)27-20(28)19-9-7-16(13-25-19)26-21(29)22(10-11-22)14-4-2-1-3-5-14/h1-9,12-13H,10-11,24H2,(H,26,29)(H,27,28). The third-order valence-corrected chi connectivity index (χ3v) is 5.03. The van der Waals surface area contributed by atoms with Crippen molar-refractivity contribution in [1.82, 2.24) is 4.98 Å². The molecule has 29 heavy (non-hydrogen) atoms. The molecule has 1 aliphatic carbocycles. The van der Waals surface area contributed by atoms with Gasteiger partial charge in [0.2, 0.25) is 5.91 Å². The van der Waals surface area contributed by atoms with Crippen LogP contribution in [0.15, 0.2) is 66.9 Å². The minimum Gasteiger partial charge on any atom is -0.397 e. The van der Waals surface area contributed by atoms with Gasteiger partial charge in [-0.2, -0.15) is 0 Å². The van der Waals surface area contributed by atoms with Crippen molar-refractivity contribution in [3.8, 4) is 0 Å². The Kier molecular flexibility index (Phi) is 4.72. The van der Waals surface area contributed by atoms with Crippen molar-refractivity contribution in [3.63, 3.8) is 0 Å². The van der Waals surface area contributed by atoms with E-state index < -0.39 is 17.1 Å². The van der Waals surface area contributed by atoms with Gasteiger partial charge >= 0.3 is 0 Å². The summed E-state index contributed by atoms with van der Waals surface area (Å²) in [5, 5.41) is 5.47. The number of amides is 2. The second-order valence-electron chi connectivity index (χ2n) is 7.02. The molecule has 0 atom stereocenters. The lowest BCUT2D eigenvalue weighted by Gasteiger charge is -2.15. The summed E-state index contributed by atoms with van der Waals surface area (Å²) in [6, 6.07) is 16.5. The molecule has 6 nitrogen and oxygen atoms in total. The molecule has 2 aromatic carbocycles. The van der Waals surface area contributed by atoms with Crippen molar-refractivity contribution in [2.45, 2.75) is 18.3 Å². The highest BCUT2D eigenvalue weighted by atomic mass is 19.1. The number of carbonyl (C=O) groups is 2. The van der Waals surface area contributed by atoms with Crippen LogP contribution in [0.5, 0.6) is 0 Å². The molecule has 2 amide bonds. The molecule has 7 heteroatoms. The first-order valence-corrected chi connectivity index (χ1v) is 9.17. The zero-order valence-corrected chi connectivity index (χ0v) is 15.5. The van der Waals surface area contributed by atoms with E-state index in [1.165, 1.54) is 24.4 Å². The normalized spacial score (nSPS) is 14.1. The molecule has 0 radical (unpaired) electrons. The number of nitrogen functional groups attached to an aromatic ring is 1. The SMILES string of the molecule is Nc1cc(F)ccc1NC(=O)c1ccc(NC(=O)C2(c3ccccc3)CC2)cn1. The topological polar surface area (TPSA) is 97.1 Å². The van der Waals surface area contributed by atoms with Gasteiger partial charge < -0.3 is 16.4 Å². The Labute approximate surface area is 167 Å². The van der Waals surface area contributed by atoms with E-state index >= 15 is 0 Å². The van der Waals surface area contributed by atoms with E-state index in [1.54, 1.807) is 6.07 Å². The molecule has 1 aliphatic rings. The number of anilines is 3. The molecular formula is C22H19FN4O2. The Morgan fingerprint density at radius 1 is 1.00 bits per heavy atom. The third-order valence-electron chi connectivity index (χ3n) is 5.03. The molecule has 0 spiro atoms. The fourth-order valence-electron chi connectivity index (χ4n) is 3.22.